The predicted molar refractivity (Wildman–Crippen MR) is 81.5 cm³/mol. The molecule has 1 saturated carbocycles. The summed E-state index contributed by atoms with van der Waals surface area (Å²) in [4.78, 5) is 0. The number of nitrogens with zero attached hydrogens (tertiary/aromatic N) is 2. The van der Waals surface area contributed by atoms with E-state index in [4.69, 9.17) is 17.0 Å². The number of rotatable bonds is 6. The summed E-state index contributed by atoms with van der Waals surface area (Å²) in [5.74, 6) is 1.84. The van der Waals surface area contributed by atoms with E-state index in [0.717, 1.165) is 36.6 Å². The van der Waals surface area contributed by atoms with Gasteiger partial charge >= 0.3 is 0 Å². The number of ether oxygens (including phenoxy) is 1. The van der Waals surface area contributed by atoms with Crippen molar-refractivity contribution in [2.45, 2.75) is 38.6 Å². The lowest BCUT2D eigenvalue weighted by molar-refractivity contribution is 0.309. The summed E-state index contributed by atoms with van der Waals surface area (Å²) < 4.78 is 8.52. The van der Waals surface area contributed by atoms with Gasteiger partial charge in [0.2, 0.25) is 0 Å². The van der Waals surface area contributed by atoms with Crippen LogP contribution in [0.5, 0.6) is 5.75 Å². The van der Waals surface area contributed by atoms with Gasteiger partial charge in [0.15, 0.2) is 10.6 Å². The average molecular weight is 289 g/mol. The van der Waals surface area contributed by atoms with Crippen molar-refractivity contribution in [2.24, 2.45) is 0 Å². The molecule has 106 valence electrons. The van der Waals surface area contributed by atoms with E-state index < -0.39 is 0 Å². The van der Waals surface area contributed by atoms with Crippen LogP contribution in [0.15, 0.2) is 24.3 Å². The lowest BCUT2D eigenvalue weighted by atomic mass is 10.2. The molecule has 0 saturated heterocycles. The minimum absolute atomic E-state index is 0.525. The Bertz CT molecular complexity index is 625. The van der Waals surface area contributed by atoms with Crippen LogP contribution < -0.4 is 4.74 Å². The highest BCUT2D eigenvalue weighted by Crippen LogP contribution is 2.38. The predicted octanol–water partition coefficient (Wildman–Crippen LogP) is 4.12. The van der Waals surface area contributed by atoms with E-state index in [9.17, 15) is 0 Å². The average Bonchev–Trinajstić information content (AvgIpc) is 3.23. The summed E-state index contributed by atoms with van der Waals surface area (Å²) in [6, 6.07) is 8.62. The zero-order valence-electron chi connectivity index (χ0n) is 11.6. The Hall–Kier alpha value is -1.62. The van der Waals surface area contributed by atoms with Crippen molar-refractivity contribution in [3.63, 3.8) is 0 Å². The second-order valence-electron chi connectivity index (χ2n) is 5.18. The number of nitrogens with one attached hydrogen (secondary N) is 1. The number of unbranched alkanes of at least 4 members (excludes halogenated alkanes) is 1. The normalized spacial score (nSPS) is 14.4. The SMILES string of the molecule is CCCCOc1ccc(-c2n[nH]c(=S)n2C2CC2)cc1. The van der Waals surface area contributed by atoms with Crippen molar-refractivity contribution >= 4 is 12.2 Å². The van der Waals surface area contributed by atoms with Crippen LogP contribution in [-0.2, 0) is 0 Å². The van der Waals surface area contributed by atoms with Crippen molar-refractivity contribution in [3.05, 3.63) is 29.0 Å². The summed E-state index contributed by atoms with van der Waals surface area (Å²) in [6.07, 6.45) is 4.62. The third-order valence-electron chi connectivity index (χ3n) is 3.50. The van der Waals surface area contributed by atoms with Gasteiger partial charge in [0, 0.05) is 11.6 Å². The third kappa shape index (κ3) is 2.77. The quantitative estimate of drug-likeness (QED) is 0.642. The maximum atomic E-state index is 5.68. The molecular weight excluding hydrogens is 270 g/mol. The molecule has 0 spiro atoms. The third-order valence-corrected chi connectivity index (χ3v) is 3.78. The van der Waals surface area contributed by atoms with E-state index in [-0.39, 0.29) is 0 Å². The molecule has 3 rings (SSSR count). The molecule has 1 aromatic carbocycles. The van der Waals surface area contributed by atoms with Gasteiger partial charge in [-0.1, -0.05) is 13.3 Å². The first kappa shape index (κ1) is 13.4. The number of benzene rings is 1. The zero-order valence-corrected chi connectivity index (χ0v) is 12.4. The van der Waals surface area contributed by atoms with Crippen molar-refractivity contribution in [1.29, 1.82) is 0 Å². The van der Waals surface area contributed by atoms with Crippen molar-refractivity contribution in [2.75, 3.05) is 6.61 Å². The van der Waals surface area contributed by atoms with Gasteiger partial charge in [-0.05, 0) is 55.7 Å². The van der Waals surface area contributed by atoms with Crippen LogP contribution in [0.2, 0.25) is 0 Å². The molecule has 0 bridgehead atoms. The van der Waals surface area contributed by atoms with Crippen molar-refractivity contribution in [3.8, 4) is 17.1 Å². The van der Waals surface area contributed by atoms with E-state index in [1.54, 1.807) is 0 Å². The van der Waals surface area contributed by atoms with Crippen LogP contribution in [0.25, 0.3) is 11.4 Å². The summed E-state index contributed by atoms with van der Waals surface area (Å²) in [6.45, 7) is 2.93. The molecule has 2 aromatic rings. The number of H-pyrrole nitrogens is 1. The zero-order chi connectivity index (χ0) is 13.9. The van der Waals surface area contributed by atoms with Crippen molar-refractivity contribution < 1.29 is 4.74 Å². The molecule has 0 radical (unpaired) electrons. The van der Waals surface area contributed by atoms with Gasteiger partial charge in [-0.15, -0.1) is 0 Å². The van der Waals surface area contributed by atoms with Crippen LogP contribution in [-0.4, -0.2) is 21.4 Å². The van der Waals surface area contributed by atoms with Crippen LogP contribution in [0, 0.1) is 4.77 Å². The lowest BCUT2D eigenvalue weighted by Crippen LogP contribution is -1.98. The molecule has 1 aliphatic carbocycles. The van der Waals surface area contributed by atoms with E-state index in [1.807, 2.05) is 24.3 Å². The van der Waals surface area contributed by atoms with Crippen LogP contribution >= 0.6 is 12.2 Å². The molecule has 0 atom stereocenters. The Morgan fingerprint density at radius 1 is 1.35 bits per heavy atom. The standard InChI is InChI=1S/C15H19N3OS/c1-2-3-10-19-13-8-4-11(5-9-13)14-16-17-15(20)18(14)12-6-7-12/h4-5,8-9,12H,2-3,6-7,10H2,1H3,(H,17,20). The van der Waals surface area contributed by atoms with E-state index in [1.165, 1.54) is 12.8 Å². The molecule has 20 heavy (non-hydrogen) atoms. The molecular formula is C15H19N3OS. The number of aromatic amines is 1. The number of aromatic nitrogens is 3. The monoisotopic (exact) mass is 289 g/mol. The molecule has 0 unspecified atom stereocenters. The molecule has 1 aliphatic rings. The first-order valence-electron chi connectivity index (χ1n) is 7.19. The van der Waals surface area contributed by atoms with Gasteiger partial charge in [0.1, 0.15) is 5.75 Å². The summed E-state index contributed by atoms with van der Waals surface area (Å²) in [7, 11) is 0. The van der Waals surface area contributed by atoms with Crippen LogP contribution in [0.4, 0.5) is 0 Å². The fourth-order valence-corrected chi connectivity index (χ4v) is 2.50. The highest BCUT2D eigenvalue weighted by atomic mass is 32.1. The summed E-state index contributed by atoms with van der Waals surface area (Å²) >= 11 is 5.31. The second-order valence-corrected chi connectivity index (χ2v) is 5.57. The highest BCUT2D eigenvalue weighted by molar-refractivity contribution is 7.71. The molecule has 1 fully saturated rings. The molecule has 4 nitrogen and oxygen atoms in total. The highest BCUT2D eigenvalue weighted by Gasteiger charge is 2.27. The van der Waals surface area contributed by atoms with Gasteiger partial charge in [0.25, 0.3) is 0 Å². The summed E-state index contributed by atoms with van der Waals surface area (Å²) in [5.41, 5.74) is 1.08. The van der Waals surface area contributed by atoms with E-state index in [0.29, 0.717) is 10.8 Å². The maximum absolute atomic E-state index is 5.68. The van der Waals surface area contributed by atoms with Crippen LogP contribution in [0.1, 0.15) is 38.6 Å². The minimum Gasteiger partial charge on any atom is -0.494 e. The van der Waals surface area contributed by atoms with Gasteiger partial charge in [-0.2, -0.15) is 5.10 Å². The Labute approximate surface area is 123 Å². The Balaban J connectivity index is 1.79. The van der Waals surface area contributed by atoms with Crippen molar-refractivity contribution in [1.82, 2.24) is 14.8 Å². The van der Waals surface area contributed by atoms with Gasteiger partial charge in [-0.3, -0.25) is 9.67 Å². The molecule has 1 N–H and O–H groups in total. The largest absolute Gasteiger partial charge is 0.494 e. The van der Waals surface area contributed by atoms with Gasteiger partial charge in [-0.25, -0.2) is 0 Å². The number of hydrogen-bond acceptors (Lipinski definition) is 3. The van der Waals surface area contributed by atoms with Gasteiger partial charge in [0.05, 0.1) is 6.61 Å². The van der Waals surface area contributed by atoms with E-state index >= 15 is 0 Å². The smallest absolute Gasteiger partial charge is 0.195 e. The number of hydrogen-bond donors (Lipinski definition) is 1. The summed E-state index contributed by atoms with van der Waals surface area (Å²) in [5, 5.41) is 7.26. The second kappa shape index (κ2) is 5.79. The Morgan fingerprint density at radius 3 is 2.75 bits per heavy atom. The van der Waals surface area contributed by atoms with Gasteiger partial charge < -0.3 is 4.74 Å². The maximum Gasteiger partial charge on any atom is 0.195 e. The minimum atomic E-state index is 0.525. The molecule has 1 heterocycles. The molecule has 0 aliphatic heterocycles. The molecule has 0 amide bonds. The lowest BCUT2D eigenvalue weighted by Gasteiger charge is -2.07. The fourth-order valence-electron chi connectivity index (χ4n) is 2.21. The Morgan fingerprint density at radius 2 is 2.10 bits per heavy atom. The first-order chi connectivity index (χ1) is 9.79. The first-order valence-corrected chi connectivity index (χ1v) is 7.60. The Kier molecular flexibility index (Phi) is 3.87. The fraction of sp³-hybridized carbons (Fsp3) is 0.467. The van der Waals surface area contributed by atoms with Crippen LogP contribution in [0.3, 0.4) is 0 Å². The topological polar surface area (TPSA) is 42.8 Å². The molecule has 1 aromatic heterocycles. The van der Waals surface area contributed by atoms with E-state index in [2.05, 4.69) is 21.7 Å². The molecule has 5 heteroatoms.